The van der Waals surface area contributed by atoms with Crippen LogP contribution in [-0.2, 0) is 4.74 Å². The first-order valence-electron chi connectivity index (χ1n) is 4.39. The molecule has 0 aliphatic carbocycles. The minimum absolute atomic E-state index is 0.372. The summed E-state index contributed by atoms with van der Waals surface area (Å²) in [6, 6.07) is 6.93. The van der Waals surface area contributed by atoms with Crippen LogP contribution in [0.15, 0.2) is 41.1 Å². The van der Waals surface area contributed by atoms with Crippen LogP contribution in [0.4, 0.5) is 0 Å². The van der Waals surface area contributed by atoms with Crippen molar-refractivity contribution in [2.24, 2.45) is 0 Å². The molecule has 0 amide bonds. The minimum atomic E-state index is -0.372. The lowest BCUT2D eigenvalue weighted by molar-refractivity contribution is 0.0601. The Balaban J connectivity index is 2.39. The number of rotatable bonds is 2. The molecule has 0 atom stereocenters. The Morgan fingerprint density at radius 2 is 2.33 bits per heavy atom. The Labute approximate surface area is 86.5 Å². The molecule has 0 N–H and O–H groups in total. The van der Waals surface area contributed by atoms with Gasteiger partial charge in [-0.25, -0.2) is 9.78 Å². The van der Waals surface area contributed by atoms with Gasteiger partial charge >= 0.3 is 5.97 Å². The van der Waals surface area contributed by atoms with E-state index in [1.165, 1.54) is 13.4 Å². The van der Waals surface area contributed by atoms with Crippen molar-refractivity contribution in [2.75, 3.05) is 7.11 Å². The van der Waals surface area contributed by atoms with Crippen LogP contribution in [0.1, 0.15) is 10.4 Å². The summed E-state index contributed by atoms with van der Waals surface area (Å²) in [7, 11) is 1.35. The summed E-state index contributed by atoms with van der Waals surface area (Å²) in [6.07, 6.45) is 3.04. The Morgan fingerprint density at radius 3 is 3.00 bits per heavy atom. The van der Waals surface area contributed by atoms with Crippen LogP contribution in [0.3, 0.4) is 0 Å². The van der Waals surface area contributed by atoms with E-state index in [4.69, 9.17) is 4.42 Å². The second kappa shape index (κ2) is 3.96. The lowest BCUT2D eigenvalue weighted by Gasteiger charge is -2.00. The third-order valence-electron chi connectivity index (χ3n) is 1.96. The molecule has 0 aliphatic heterocycles. The normalized spacial score (nSPS) is 9.93. The van der Waals surface area contributed by atoms with E-state index in [0.29, 0.717) is 11.5 Å². The number of nitrogens with zero attached hydrogens (tertiary/aromatic N) is 1. The van der Waals surface area contributed by atoms with Crippen molar-refractivity contribution in [1.82, 2.24) is 4.98 Å². The largest absolute Gasteiger partial charge is 0.465 e. The summed E-state index contributed by atoms with van der Waals surface area (Å²) in [5.74, 6) is 0.115. The highest BCUT2D eigenvalue weighted by Crippen LogP contribution is 2.18. The highest BCUT2D eigenvalue weighted by atomic mass is 16.5. The summed E-state index contributed by atoms with van der Waals surface area (Å²) in [5.41, 5.74) is 1.23. The van der Waals surface area contributed by atoms with Gasteiger partial charge < -0.3 is 9.15 Å². The van der Waals surface area contributed by atoms with E-state index in [2.05, 4.69) is 9.72 Å². The average molecular weight is 203 g/mol. The van der Waals surface area contributed by atoms with Crippen molar-refractivity contribution in [3.63, 3.8) is 0 Å². The first-order valence-corrected chi connectivity index (χ1v) is 4.39. The zero-order chi connectivity index (χ0) is 10.7. The maximum atomic E-state index is 11.3. The van der Waals surface area contributed by atoms with Gasteiger partial charge in [0, 0.05) is 5.56 Å². The van der Waals surface area contributed by atoms with E-state index >= 15 is 0 Å². The average Bonchev–Trinajstić information content (AvgIpc) is 2.82. The summed E-state index contributed by atoms with van der Waals surface area (Å²) in [5, 5.41) is 0. The number of oxazole rings is 1. The molecule has 4 heteroatoms. The molecule has 0 aliphatic rings. The second-order valence-electron chi connectivity index (χ2n) is 2.91. The number of hydrogen-bond acceptors (Lipinski definition) is 4. The van der Waals surface area contributed by atoms with Gasteiger partial charge in [-0.15, -0.1) is 0 Å². The fraction of sp³-hybridized carbons (Fsp3) is 0.0909. The van der Waals surface area contributed by atoms with Crippen LogP contribution < -0.4 is 0 Å². The second-order valence-corrected chi connectivity index (χ2v) is 2.91. The smallest absolute Gasteiger partial charge is 0.337 e. The molecule has 0 bridgehead atoms. The maximum Gasteiger partial charge on any atom is 0.337 e. The van der Waals surface area contributed by atoms with Crippen molar-refractivity contribution in [3.8, 4) is 11.5 Å². The maximum absolute atomic E-state index is 11.3. The third kappa shape index (κ3) is 1.88. The minimum Gasteiger partial charge on any atom is -0.465 e. The van der Waals surface area contributed by atoms with Gasteiger partial charge in [-0.05, 0) is 18.2 Å². The molecule has 0 radical (unpaired) electrons. The number of esters is 1. The first-order chi connectivity index (χ1) is 7.31. The predicted octanol–water partition coefficient (Wildman–Crippen LogP) is 2.13. The number of benzene rings is 1. The molecule has 0 saturated heterocycles. The van der Waals surface area contributed by atoms with Crippen LogP contribution in [0, 0.1) is 0 Å². The number of carbonyl (C=O) groups is 1. The van der Waals surface area contributed by atoms with E-state index in [1.807, 2.05) is 6.07 Å². The van der Waals surface area contributed by atoms with Crippen molar-refractivity contribution in [2.45, 2.75) is 0 Å². The predicted molar refractivity (Wildman–Crippen MR) is 53.3 cm³/mol. The summed E-state index contributed by atoms with van der Waals surface area (Å²) in [4.78, 5) is 15.3. The van der Waals surface area contributed by atoms with Crippen molar-refractivity contribution in [1.29, 1.82) is 0 Å². The van der Waals surface area contributed by atoms with Gasteiger partial charge in [0.2, 0.25) is 5.89 Å². The lowest BCUT2D eigenvalue weighted by Crippen LogP contribution is -2.00. The van der Waals surface area contributed by atoms with Crippen LogP contribution in [0.25, 0.3) is 11.5 Å². The first kappa shape index (κ1) is 9.45. The van der Waals surface area contributed by atoms with E-state index in [-0.39, 0.29) is 5.97 Å². The number of methoxy groups -OCH3 is 1. The molecule has 76 valence electrons. The zero-order valence-electron chi connectivity index (χ0n) is 8.14. The molecular weight excluding hydrogens is 194 g/mol. The SMILES string of the molecule is COC(=O)c1cccc(-c2ncco2)c1. The Kier molecular flexibility index (Phi) is 2.49. The van der Waals surface area contributed by atoms with Crippen LogP contribution in [0.2, 0.25) is 0 Å². The molecule has 4 nitrogen and oxygen atoms in total. The molecular formula is C11H9NO3. The Hall–Kier alpha value is -2.10. The number of hydrogen-bond donors (Lipinski definition) is 0. The lowest BCUT2D eigenvalue weighted by atomic mass is 10.1. The molecule has 0 unspecified atom stereocenters. The topological polar surface area (TPSA) is 52.3 Å². The van der Waals surface area contributed by atoms with Gasteiger partial charge in [0.25, 0.3) is 0 Å². The monoisotopic (exact) mass is 203 g/mol. The highest BCUT2D eigenvalue weighted by molar-refractivity contribution is 5.90. The van der Waals surface area contributed by atoms with Gasteiger partial charge in [-0.3, -0.25) is 0 Å². The number of aromatic nitrogens is 1. The van der Waals surface area contributed by atoms with Crippen LogP contribution >= 0.6 is 0 Å². The number of carbonyl (C=O) groups excluding carboxylic acids is 1. The van der Waals surface area contributed by atoms with E-state index < -0.39 is 0 Å². The fourth-order valence-electron chi connectivity index (χ4n) is 1.26. The summed E-state index contributed by atoms with van der Waals surface area (Å²) < 4.78 is 9.74. The van der Waals surface area contributed by atoms with Gasteiger partial charge in [-0.1, -0.05) is 6.07 Å². The molecule has 2 aromatic rings. The van der Waals surface area contributed by atoms with Crippen molar-refractivity contribution >= 4 is 5.97 Å². The quantitative estimate of drug-likeness (QED) is 0.701. The molecule has 1 heterocycles. The molecule has 1 aromatic heterocycles. The Morgan fingerprint density at radius 1 is 1.47 bits per heavy atom. The van der Waals surface area contributed by atoms with Crippen molar-refractivity contribution in [3.05, 3.63) is 42.3 Å². The summed E-state index contributed by atoms with van der Waals surface area (Å²) in [6.45, 7) is 0. The van der Waals surface area contributed by atoms with Crippen LogP contribution in [0.5, 0.6) is 0 Å². The standard InChI is InChI=1S/C11H9NO3/c1-14-11(13)9-4-2-3-8(7-9)10-12-5-6-15-10/h2-7H,1H3. The molecule has 15 heavy (non-hydrogen) atoms. The van der Waals surface area contributed by atoms with Crippen LogP contribution in [-0.4, -0.2) is 18.1 Å². The molecule has 1 aromatic carbocycles. The molecule has 0 fully saturated rings. The van der Waals surface area contributed by atoms with E-state index in [1.54, 1.807) is 24.4 Å². The molecule has 2 rings (SSSR count). The van der Waals surface area contributed by atoms with Gasteiger partial charge in [0.15, 0.2) is 0 Å². The summed E-state index contributed by atoms with van der Waals surface area (Å²) >= 11 is 0. The molecule has 0 saturated carbocycles. The number of ether oxygens (including phenoxy) is 1. The fourth-order valence-corrected chi connectivity index (χ4v) is 1.26. The zero-order valence-corrected chi connectivity index (χ0v) is 8.14. The van der Waals surface area contributed by atoms with Gasteiger partial charge in [0.1, 0.15) is 6.26 Å². The van der Waals surface area contributed by atoms with E-state index in [0.717, 1.165) is 5.56 Å². The molecule has 0 spiro atoms. The van der Waals surface area contributed by atoms with Gasteiger partial charge in [-0.2, -0.15) is 0 Å². The van der Waals surface area contributed by atoms with Crippen molar-refractivity contribution < 1.29 is 13.9 Å². The van der Waals surface area contributed by atoms with E-state index in [9.17, 15) is 4.79 Å². The Bertz CT molecular complexity index is 462. The van der Waals surface area contributed by atoms with Gasteiger partial charge in [0.05, 0.1) is 18.9 Å². The highest BCUT2D eigenvalue weighted by Gasteiger charge is 2.08. The third-order valence-corrected chi connectivity index (χ3v) is 1.96.